The molecule has 2 rings (SSSR count). The van der Waals surface area contributed by atoms with E-state index in [2.05, 4.69) is 5.10 Å². The molecule has 0 unspecified atom stereocenters. The summed E-state index contributed by atoms with van der Waals surface area (Å²) >= 11 is 5.87. The molecule has 0 radical (unpaired) electrons. The van der Waals surface area contributed by atoms with Gasteiger partial charge in [0.15, 0.2) is 0 Å². The Labute approximate surface area is 118 Å². The van der Waals surface area contributed by atoms with Crippen LogP contribution in [0.25, 0.3) is 0 Å². The largest absolute Gasteiger partial charge is 0.442 e. The minimum atomic E-state index is -0.528. The van der Waals surface area contributed by atoms with Gasteiger partial charge in [-0.1, -0.05) is 23.7 Å². The van der Waals surface area contributed by atoms with Gasteiger partial charge < -0.3 is 4.74 Å². The molecular formula is C14H17ClN2O2. The van der Waals surface area contributed by atoms with Gasteiger partial charge in [0, 0.05) is 17.7 Å². The highest BCUT2D eigenvalue weighted by Crippen LogP contribution is 2.30. The lowest BCUT2D eigenvalue weighted by Crippen LogP contribution is -2.34. The highest BCUT2D eigenvalue weighted by atomic mass is 35.5. The number of hydrazone groups is 1. The number of hydrogen-bond donors (Lipinski definition) is 0. The molecule has 1 atom stereocenters. The van der Waals surface area contributed by atoms with Gasteiger partial charge in [0.05, 0.1) is 6.04 Å². The molecule has 0 saturated heterocycles. The first-order valence-electron chi connectivity index (χ1n) is 6.17. The first kappa shape index (κ1) is 13.9. The Bertz CT molecular complexity index is 491. The van der Waals surface area contributed by atoms with E-state index in [1.54, 1.807) is 6.21 Å². The molecule has 102 valence electrons. The van der Waals surface area contributed by atoms with Crippen LogP contribution in [0, 0.1) is 0 Å². The third-order valence-corrected chi connectivity index (χ3v) is 2.92. The van der Waals surface area contributed by atoms with E-state index in [0.717, 1.165) is 5.56 Å². The Morgan fingerprint density at radius 2 is 2.00 bits per heavy atom. The van der Waals surface area contributed by atoms with Crippen molar-refractivity contribution in [2.45, 2.75) is 38.8 Å². The van der Waals surface area contributed by atoms with Crippen molar-refractivity contribution in [3.63, 3.8) is 0 Å². The fraction of sp³-hybridized carbons (Fsp3) is 0.429. The first-order chi connectivity index (χ1) is 8.87. The van der Waals surface area contributed by atoms with Gasteiger partial charge in [0.2, 0.25) is 0 Å². The van der Waals surface area contributed by atoms with Crippen molar-refractivity contribution in [1.29, 1.82) is 0 Å². The third kappa shape index (κ3) is 3.47. The van der Waals surface area contributed by atoms with Crippen LogP contribution in [0.2, 0.25) is 5.02 Å². The van der Waals surface area contributed by atoms with Crippen molar-refractivity contribution in [3.05, 3.63) is 34.9 Å². The summed E-state index contributed by atoms with van der Waals surface area (Å²) < 4.78 is 5.34. The van der Waals surface area contributed by atoms with Gasteiger partial charge in [-0.3, -0.25) is 0 Å². The number of nitrogens with zero attached hydrogens (tertiary/aromatic N) is 2. The zero-order chi connectivity index (χ0) is 14.0. The van der Waals surface area contributed by atoms with Crippen molar-refractivity contribution >= 4 is 23.9 Å². The van der Waals surface area contributed by atoms with Gasteiger partial charge in [0.1, 0.15) is 5.60 Å². The number of rotatable bonds is 1. The molecule has 1 aliphatic heterocycles. The van der Waals surface area contributed by atoms with Crippen LogP contribution in [0.5, 0.6) is 0 Å². The highest BCUT2D eigenvalue weighted by molar-refractivity contribution is 6.30. The van der Waals surface area contributed by atoms with Gasteiger partial charge in [-0.05, 0) is 38.5 Å². The van der Waals surface area contributed by atoms with E-state index in [1.165, 1.54) is 5.01 Å². The Morgan fingerprint density at radius 1 is 1.37 bits per heavy atom. The molecule has 1 aromatic rings. The predicted molar refractivity (Wildman–Crippen MR) is 75.4 cm³/mol. The zero-order valence-electron chi connectivity index (χ0n) is 11.3. The lowest BCUT2D eigenvalue weighted by molar-refractivity contribution is 0.0195. The van der Waals surface area contributed by atoms with Crippen LogP contribution in [0.4, 0.5) is 4.79 Å². The Hall–Kier alpha value is -1.55. The summed E-state index contributed by atoms with van der Waals surface area (Å²) in [4.78, 5) is 12.1. The van der Waals surface area contributed by atoms with Crippen LogP contribution in [-0.4, -0.2) is 22.9 Å². The zero-order valence-corrected chi connectivity index (χ0v) is 12.0. The fourth-order valence-electron chi connectivity index (χ4n) is 1.86. The second-order valence-corrected chi connectivity index (χ2v) is 5.86. The molecule has 0 N–H and O–H groups in total. The van der Waals surface area contributed by atoms with E-state index in [4.69, 9.17) is 16.3 Å². The number of benzene rings is 1. The SMILES string of the molecule is CC(C)(C)OC(=O)N1N=CC[C@@H]1c1ccc(Cl)cc1. The lowest BCUT2D eigenvalue weighted by Gasteiger charge is -2.26. The van der Waals surface area contributed by atoms with Gasteiger partial charge in [-0.15, -0.1) is 0 Å². The minimum absolute atomic E-state index is 0.118. The van der Waals surface area contributed by atoms with Gasteiger partial charge >= 0.3 is 6.09 Å². The molecule has 1 amide bonds. The number of ether oxygens (including phenoxy) is 1. The van der Waals surface area contributed by atoms with Crippen molar-refractivity contribution in [2.75, 3.05) is 0 Å². The Kier molecular flexibility index (Phi) is 3.80. The van der Waals surface area contributed by atoms with Crippen LogP contribution >= 0.6 is 11.6 Å². The standard InChI is InChI=1S/C14H17ClN2O2/c1-14(2,3)19-13(18)17-12(8-9-16-17)10-4-6-11(15)7-5-10/h4-7,9,12H,8H2,1-3H3/t12-/m1/s1. The first-order valence-corrected chi connectivity index (χ1v) is 6.55. The molecule has 0 aliphatic carbocycles. The Balaban J connectivity index is 2.14. The molecule has 0 spiro atoms. The molecule has 4 nitrogen and oxygen atoms in total. The molecule has 0 saturated carbocycles. The molecule has 1 heterocycles. The number of carbonyl (C=O) groups is 1. The number of carbonyl (C=O) groups excluding carboxylic acids is 1. The second-order valence-electron chi connectivity index (χ2n) is 5.43. The highest BCUT2D eigenvalue weighted by Gasteiger charge is 2.31. The molecule has 5 heteroatoms. The van der Waals surface area contributed by atoms with Crippen molar-refractivity contribution in [1.82, 2.24) is 5.01 Å². The molecule has 19 heavy (non-hydrogen) atoms. The van der Waals surface area contributed by atoms with Gasteiger partial charge in [-0.2, -0.15) is 10.1 Å². The van der Waals surface area contributed by atoms with E-state index in [-0.39, 0.29) is 6.04 Å². The Morgan fingerprint density at radius 3 is 2.58 bits per heavy atom. The summed E-state index contributed by atoms with van der Waals surface area (Å²) in [6.45, 7) is 5.51. The van der Waals surface area contributed by atoms with E-state index >= 15 is 0 Å². The van der Waals surface area contributed by atoms with Crippen molar-refractivity contribution in [3.8, 4) is 0 Å². The van der Waals surface area contributed by atoms with Crippen LogP contribution < -0.4 is 0 Å². The van der Waals surface area contributed by atoms with E-state index in [9.17, 15) is 4.79 Å². The molecule has 1 aromatic carbocycles. The van der Waals surface area contributed by atoms with E-state index in [1.807, 2.05) is 45.0 Å². The van der Waals surface area contributed by atoms with E-state index in [0.29, 0.717) is 11.4 Å². The summed E-state index contributed by atoms with van der Waals surface area (Å²) in [6, 6.07) is 7.30. The molecule has 0 bridgehead atoms. The monoisotopic (exact) mass is 280 g/mol. The average Bonchev–Trinajstić information content (AvgIpc) is 2.76. The van der Waals surface area contributed by atoms with Crippen molar-refractivity contribution < 1.29 is 9.53 Å². The minimum Gasteiger partial charge on any atom is -0.442 e. The molecule has 0 aromatic heterocycles. The average molecular weight is 281 g/mol. The number of amides is 1. The quantitative estimate of drug-likeness (QED) is 0.780. The molecule has 0 fully saturated rings. The smallest absolute Gasteiger partial charge is 0.431 e. The van der Waals surface area contributed by atoms with Crippen LogP contribution in [0.3, 0.4) is 0 Å². The molecular weight excluding hydrogens is 264 g/mol. The summed E-state index contributed by atoms with van der Waals surface area (Å²) in [5.41, 5.74) is 0.465. The second kappa shape index (κ2) is 5.21. The summed E-state index contributed by atoms with van der Waals surface area (Å²) in [5.74, 6) is 0. The maximum atomic E-state index is 12.1. The number of hydrogen-bond acceptors (Lipinski definition) is 3. The normalized spacial score (nSPS) is 18.7. The predicted octanol–water partition coefficient (Wildman–Crippen LogP) is 4.01. The van der Waals surface area contributed by atoms with Crippen LogP contribution in [-0.2, 0) is 4.74 Å². The maximum Gasteiger partial charge on any atom is 0.431 e. The summed E-state index contributed by atoms with van der Waals surface area (Å²) in [5, 5.41) is 6.16. The number of halogens is 1. The van der Waals surface area contributed by atoms with Gasteiger partial charge in [0.25, 0.3) is 0 Å². The maximum absolute atomic E-state index is 12.1. The van der Waals surface area contributed by atoms with Gasteiger partial charge in [-0.25, -0.2) is 4.79 Å². The molecule has 1 aliphatic rings. The van der Waals surface area contributed by atoms with Crippen LogP contribution in [0.1, 0.15) is 38.8 Å². The third-order valence-electron chi connectivity index (χ3n) is 2.67. The van der Waals surface area contributed by atoms with Crippen LogP contribution in [0.15, 0.2) is 29.4 Å². The van der Waals surface area contributed by atoms with Crippen molar-refractivity contribution in [2.24, 2.45) is 5.10 Å². The van der Waals surface area contributed by atoms with E-state index < -0.39 is 11.7 Å². The summed E-state index contributed by atoms with van der Waals surface area (Å²) in [7, 11) is 0. The summed E-state index contributed by atoms with van der Waals surface area (Å²) in [6.07, 6.45) is 1.98. The lowest BCUT2D eigenvalue weighted by atomic mass is 10.1. The topological polar surface area (TPSA) is 41.9 Å². The fourth-order valence-corrected chi connectivity index (χ4v) is 1.99.